The van der Waals surface area contributed by atoms with Crippen molar-refractivity contribution in [3.63, 3.8) is 0 Å². The van der Waals surface area contributed by atoms with Crippen molar-refractivity contribution in [3.8, 4) is 5.75 Å². The van der Waals surface area contributed by atoms with Crippen LogP contribution >= 0.6 is 0 Å². The second-order valence-electron chi connectivity index (χ2n) is 10.0. The SMILES string of the molecule is CC.CNC(=O)C1=C2CCc3cc(OC)c(CC(C)C)cc3C(CC(C3CCC=CCC3)=N1)C2. The number of carbonyl (C=O) groups is 1. The Morgan fingerprint density at radius 3 is 2.41 bits per heavy atom. The van der Waals surface area contributed by atoms with E-state index in [1.165, 1.54) is 28.0 Å². The highest BCUT2D eigenvalue weighted by Crippen LogP contribution is 2.43. The third kappa shape index (κ3) is 6.00. The minimum atomic E-state index is -0.0334. The molecule has 1 heterocycles. The van der Waals surface area contributed by atoms with Crippen LogP contribution in [0.3, 0.4) is 0 Å². The summed E-state index contributed by atoms with van der Waals surface area (Å²) in [6, 6.07) is 4.69. The lowest BCUT2D eigenvalue weighted by Gasteiger charge is -2.24. The molecule has 4 nitrogen and oxygen atoms in total. The molecule has 1 aliphatic heterocycles. The first-order chi connectivity index (χ1) is 16.5. The fraction of sp³-hybridized carbons (Fsp3) is 0.600. The number of aliphatic imine (C=N–C) groups is 1. The van der Waals surface area contributed by atoms with Gasteiger partial charge in [0, 0.05) is 12.8 Å². The molecule has 1 atom stereocenters. The number of methoxy groups -OCH3 is 1. The number of benzene rings is 1. The number of ether oxygens (including phenoxy) is 1. The normalized spacial score (nSPS) is 20.3. The fourth-order valence-corrected chi connectivity index (χ4v) is 5.68. The highest BCUT2D eigenvalue weighted by Gasteiger charge is 2.32. The van der Waals surface area contributed by atoms with Crippen LogP contribution < -0.4 is 10.1 Å². The third-order valence-corrected chi connectivity index (χ3v) is 7.29. The van der Waals surface area contributed by atoms with Gasteiger partial charge in [0.25, 0.3) is 5.91 Å². The number of nitrogens with zero attached hydrogens (tertiary/aromatic N) is 1. The molecule has 0 spiro atoms. The molecule has 1 unspecified atom stereocenters. The molecule has 4 heteroatoms. The van der Waals surface area contributed by atoms with Crippen LogP contribution in [0.5, 0.6) is 5.75 Å². The van der Waals surface area contributed by atoms with E-state index >= 15 is 0 Å². The third-order valence-electron chi connectivity index (χ3n) is 7.29. The van der Waals surface area contributed by atoms with E-state index < -0.39 is 0 Å². The van der Waals surface area contributed by atoms with Gasteiger partial charge >= 0.3 is 0 Å². The Kier molecular flexibility index (Phi) is 9.55. The maximum atomic E-state index is 12.9. The minimum absolute atomic E-state index is 0.0334. The quantitative estimate of drug-likeness (QED) is 0.480. The number of allylic oxidation sites excluding steroid dienone is 3. The van der Waals surface area contributed by atoms with Crippen LogP contribution in [0.2, 0.25) is 0 Å². The van der Waals surface area contributed by atoms with Crippen molar-refractivity contribution < 1.29 is 9.53 Å². The van der Waals surface area contributed by atoms with Crippen molar-refractivity contribution in [2.45, 2.75) is 91.4 Å². The molecule has 0 saturated carbocycles. The van der Waals surface area contributed by atoms with Crippen LogP contribution in [0.15, 0.2) is 40.5 Å². The number of fused-ring (bicyclic) bond motifs is 4. The maximum Gasteiger partial charge on any atom is 0.269 e. The Bertz CT molecular complexity index is 945. The molecule has 0 fully saturated rings. The summed E-state index contributed by atoms with van der Waals surface area (Å²) in [5, 5.41) is 2.86. The summed E-state index contributed by atoms with van der Waals surface area (Å²) in [5.41, 5.74) is 7.28. The van der Waals surface area contributed by atoms with Crippen molar-refractivity contribution in [2.75, 3.05) is 14.2 Å². The lowest BCUT2D eigenvalue weighted by Crippen LogP contribution is -2.22. The van der Waals surface area contributed by atoms with Gasteiger partial charge in [-0.25, -0.2) is 0 Å². The highest BCUT2D eigenvalue weighted by molar-refractivity contribution is 5.99. The summed E-state index contributed by atoms with van der Waals surface area (Å²) in [5.74, 6) is 2.40. The first-order valence-electron chi connectivity index (χ1n) is 13.4. The summed E-state index contributed by atoms with van der Waals surface area (Å²) in [6.07, 6.45) is 13.8. The van der Waals surface area contributed by atoms with Gasteiger partial charge in [0.15, 0.2) is 0 Å². The van der Waals surface area contributed by atoms with E-state index in [-0.39, 0.29) is 5.91 Å². The van der Waals surface area contributed by atoms with Crippen LogP contribution in [0.1, 0.15) is 95.2 Å². The predicted molar refractivity (Wildman–Crippen MR) is 143 cm³/mol. The zero-order valence-electron chi connectivity index (χ0n) is 22.2. The van der Waals surface area contributed by atoms with E-state index in [1.54, 1.807) is 14.2 Å². The van der Waals surface area contributed by atoms with Crippen LogP contribution in [0.25, 0.3) is 0 Å². The molecule has 1 amide bonds. The fourth-order valence-electron chi connectivity index (χ4n) is 5.68. The number of hydrogen-bond donors (Lipinski definition) is 1. The molecular formula is C30H44N2O2. The van der Waals surface area contributed by atoms with Gasteiger partial charge < -0.3 is 10.1 Å². The standard InChI is InChI=1S/C28H38N2O2.C2H6/c1-18(2)13-23-15-24-20(17-26(23)32-4)11-12-21-14-22(24)16-25(30-27(21)28(31)29-3)19-9-7-5-6-8-10-19;1-2/h5-6,15,17-19,22H,7-14,16H2,1-4H3,(H,29,31);1-2H3. The average Bonchev–Trinajstić information content (AvgIpc) is 3.29. The van der Waals surface area contributed by atoms with Crippen molar-refractivity contribution >= 4 is 11.6 Å². The number of carbonyl (C=O) groups excluding carboxylic acids is 1. The van der Waals surface area contributed by atoms with Gasteiger partial charge in [0.05, 0.1) is 7.11 Å². The molecule has 3 aliphatic rings. The number of amides is 1. The minimum Gasteiger partial charge on any atom is -0.496 e. The Labute approximate surface area is 207 Å². The monoisotopic (exact) mass is 464 g/mol. The van der Waals surface area contributed by atoms with Crippen LogP contribution in [0, 0.1) is 11.8 Å². The summed E-state index contributed by atoms with van der Waals surface area (Å²) >= 11 is 0. The smallest absolute Gasteiger partial charge is 0.269 e. The van der Waals surface area contributed by atoms with Gasteiger partial charge in [0.2, 0.25) is 0 Å². The van der Waals surface area contributed by atoms with E-state index in [4.69, 9.17) is 9.73 Å². The summed E-state index contributed by atoms with van der Waals surface area (Å²) in [6.45, 7) is 8.52. The second kappa shape index (κ2) is 12.4. The molecule has 34 heavy (non-hydrogen) atoms. The zero-order valence-corrected chi connectivity index (χ0v) is 22.2. The summed E-state index contributed by atoms with van der Waals surface area (Å²) in [7, 11) is 3.50. The molecular weight excluding hydrogens is 420 g/mol. The molecule has 2 aliphatic carbocycles. The average molecular weight is 465 g/mol. The Morgan fingerprint density at radius 1 is 1.09 bits per heavy atom. The van der Waals surface area contributed by atoms with E-state index in [1.807, 2.05) is 13.8 Å². The Hall–Kier alpha value is -2.36. The molecule has 2 bridgehead atoms. The predicted octanol–water partition coefficient (Wildman–Crippen LogP) is 6.93. The van der Waals surface area contributed by atoms with Gasteiger partial charge in [0.1, 0.15) is 11.4 Å². The lowest BCUT2D eigenvalue weighted by molar-refractivity contribution is -0.117. The first kappa shape index (κ1) is 26.2. The van der Waals surface area contributed by atoms with Crippen LogP contribution in [-0.4, -0.2) is 25.8 Å². The molecule has 1 aromatic carbocycles. The van der Waals surface area contributed by atoms with E-state index in [2.05, 4.69) is 43.4 Å². The number of nitrogens with one attached hydrogen (secondary N) is 1. The van der Waals surface area contributed by atoms with E-state index in [0.29, 0.717) is 23.5 Å². The largest absolute Gasteiger partial charge is 0.496 e. The van der Waals surface area contributed by atoms with Gasteiger partial charge in [-0.1, -0.05) is 45.9 Å². The van der Waals surface area contributed by atoms with E-state index in [0.717, 1.165) is 63.5 Å². The van der Waals surface area contributed by atoms with Gasteiger partial charge in [-0.3, -0.25) is 9.79 Å². The number of hydrogen-bond acceptors (Lipinski definition) is 3. The van der Waals surface area contributed by atoms with Crippen molar-refractivity contribution in [1.29, 1.82) is 0 Å². The zero-order chi connectivity index (χ0) is 24.7. The van der Waals surface area contributed by atoms with Gasteiger partial charge in [-0.15, -0.1) is 0 Å². The maximum absolute atomic E-state index is 12.9. The van der Waals surface area contributed by atoms with Crippen molar-refractivity contribution in [1.82, 2.24) is 5.32 Å². The van der Waals surface area contributed by atoms with Crippen LogP contribution in [-0.2, 0) is 17.6 Å². The van der Waals surface area contributed by atoms with Crippen LogP contribution in [0.4, 0.5) is 0 Å². The molecule has 1 aromatic rings. The van der Waals surface area contributed by atoms with E-state index in [9.17, 15) is 4.79 Å². The van der Waals surface area contributed by atoms with Crippen molar-refractivity contribution in [2.24, 2.45) is 16.8 Å². The molecule has 0 aromatic heterocycles. The van der Waals surface area contributed by atoms with Gasteiger partial charge in [-0.05, 0) is 104 Å². The molecule has 4 rings (SSSR count). The van der Waals surface area contributed by atoms with Gasteiger partial charge in [-0.2, -0.15) is 0 Å². The Balaban J connectivity index is 0.00000158. The molecule has 0 saturated heterocycles. The number of rotatable bonds is 5. The topological polar surface area (TPSA) is 50.7 Å². The second-order valence-corrected chi connectivity index (χ2v) is 10.0. The molecule has 1 N–H and O–H groups in total. The number of aryl methyl sites for hydroxylation is 1. The lowest BCUT2D eigenvalue weighted by atomic mass is 9.82. The first-order valence-corrected chi connectivity index (χ1v) is 13.4. The summed E-state index contributed by atoms with van der Waals surface area (Å²) in [4.78, 5) is 18.0. The number of likely N-dealkylation sites (N-methyl/N-ethyl adjacent to an activating group) is 1. The highest BCUT2D eigenvalue weighted by atomic mass is 16.5. The van der Waals surface area contributed by atoms with Crippen molar-refractivity contribution in [3.05, 3.63) is 52.2 Å². The Morgan fingerprint density at radius 2 is 1.79 bits per heavy atom. The summed E-state index contributed by atoms with van der Waals surface area (Å²) < 4.78 is 5.79. The molecule has 0 radical (unpaired) electrons. The molecule has 186 valence electrons.